The maximum absolute atomic E-state index is 11.4. The number of carboxylic acid groups (broad SMARTS) is 1. The number of thiazole rings is 1. The smallest absolute Gasteiger partial charge is 0.347 e. The van der Waals surface area contributed by atoms with Gasteiger partial charge < -0.3 is 14.6 Å². The molecule has 0 aliphatic carbocycles. The Labute approximate surface area is 128 Å². The van der Waals surface area contributed by atoms with Crippen molar-refractivity contribution in [3.05, 3.63) is 28.8 Å². The van der Waals surface area contributed by atoms with E-state index >= 15 is 0 Å². The van der Waals surface area contributed by atoms with Gasteiger partial charge in [-0.25, -0.2) is 14.8 Å². The van der Waals surface area contributed by atoms with Crippen LogP contribution in [-0.4, -0.2) is 32.7 Å². The minimum absolute atomic E-state index is 0.141. The zero-order chi connectivity index (χ0) is 15.6. The van der Waals surface area contributed by atoms with E-state index in [1.165, 1.54) is 11.3 Å². The van der Waals surface area contributed by atoms with Crippen LogP contribution in [-0.2, 0) is 13.6 Å². The predicted molar refractivity (Wildman–Crippen MR) is 83.1 cm³/mol. The van der Waals surface area contributed by atoms with Gasteiger partial charge in [-0.3, -0.25) is 0 Å². The Morgan fingerprint density at radius 2 is 2.29 bits per heavy atom. The van der Waals surface area contributed by atoms with Crippen molar-refractivity contribution in [1.29, 1.82) is 0 Å². The van der Waals surface area contributed by atoms with Crippen molar-refractivity contribution in [3.63, 3.8) is 0 Å². The third-order valence-electron chi connectivity index (χ3n) is 3.54. The number of aromatic carboxylic acids is 1. The fourth-order valence-corrected chi connectivity index (χ4v) is 2.98. The lowest BCUT2D eigenvalue weighted by Crippen LogP contribution is -2.18. The summed E-state index contributed by atoms with van der Waals surface area (Å²) in [6.45, 7) is 4.63. The van der Waals surface area contributed by atoms with Gasteiger partial charge in [0, 0.05) is 26.5 Å². The van der Waals surface area contributed by atoms with Crippen LogP contribution >= 0.6 is 11.3 Å². The first-order chi connectivity index (χ1) is 9.93. The summed E-state index contributed by atoms with van der Waals surface area (Å²) in [5.74, 6) is 0.150. The van der Waals surface area contributed by atoms with Gasteiger partial charge in [0.2, 0.25) is 0 Å². The number of anilines is 1. The molecule has 0 fully saturated rings. The van der Waals surface area contributed by atoms with Crippen LogP contribution in [0.5, 0.6) is 0 Å². The van der Waals surface area contributed by atoms with Gasteiger partial charge in [-0.1, -0.05) is 25.2 Å². The zero-order valence-electron chi connectivity index (χ0n) is 12.7. The van der Waals surface area contributed by atoms with Crippen LogP contribution in [0.25, 0.3) is 0 Å². The van der Waals surface area contributed by atoms with Crippen molar-refractivity contribution in [2.24, 2.45) is 7.05 Å². The summed E-state index contributed by atoms with van der Waals surface area (Å²) >= 11 is 1.23. The number of imidazole rings is 1. The number of aromatic nitrogens is 3. The Kier molecular flexibility index (Phi) is 4.62. The van der Waals surface area contributed by atoms with Crippen LogP contribution in [0.15, 0.2) is 12.4 Å². The van der Waals surface area contributed by atoms with E-state index < -0.39 is 5.97 Å². The summed E-state index contributed by atoms with van der Waals surface area (Å²) in [7, 11) is 3.84. The highest BCUT2D eigenvalue weighted by molar-refractivity contribution is 7.17. The zero-order valence-corrected chi connectivity index (χ0v) is 13.5. The van der Waals surface area contributed by atoms with Crippen LogP contribution in [0.4, 0.5) is 5.13 Å². The third kappa shape index (κ3) is 3.24. The van der Waals surface area contributed by atoms with E-state index in [4.69, 9.17) is 0 Å². The largest absolute Gasteiger partial charge is 0.477 e. The van der Waals surface area contributed by atoms with E-state index in [9.17, 15) is 9.90 Å². The second-order valence-electron chi connectivity index (χ2n) is 5.14. The van der Waals surface area contributed by atoms with Crippen molar-refractivity contribution in [2.45, 2.75) is 32.7 Å². The van der Waals surface area contributed by atoms with Gasteiger partial charge in [0.05, 0.1) is 12.2 Å². The molecule has 0 radical (unpaired) electrons. The third-order valence-corrected chi connectivity index (χ3v) is 4.72. The van der Waals surface area contributed by atoms with E-state index in [-0.39, 0.29) is 5.92 Å². The molecule has 0 aliphatic rings. The van der Waals surface area contributed by atoms with Crippen LogP contribution < -0.4 is 4.90 Å². The number of hydrogen-bond donors (Lipinski definition) is 1. The predicted octanol–water partition coefficient (Wildman–Crippen LogP) is 2.72. The van der Waals surface area contributed by atoms with Gasteiger partial charge in [0.15, 0.2) is 5.13 Å². The molecule has 1 N–H and O–H groups in total. The number of rotatable bonds is 6. The number of carbonyl (C=O) groups is 1. The number of nitrogens with zero attached hydrogens (tertiary/aromatic N) is 4. The molecular weight excluding hydrogens is 288 g/mol. The van der Waals surface area contributed by atoms with Crippen molar-refractivity contribution >= 4 is 22.4 Å². The number of carboxylic acids is 1. The van der Waals surface area contributed by atoms with Crippen LogP contribution in [0.2, 0.25) is 0 Å². The van der Waals surface area contributed by atoms with E-state index in [0.29, 0.717) is 22.2 Å². The summed E-state index contributed by atoms with van der Waals surface area (Å²) in [4.78, 5) is 22.5. The normalized spacial score (nSPS) is 12.4. The molecule has 2 aromatic heterocycles. The van der Waals surface area contributed by atoms with Crippen molar-refractivity contribution < 1.29 is 9.90 Å². The molecule has 0 amide bonds. The summed E-state index contributed by atoms with van der Waals surface area (Å²) in [5, 5.41) is 10.1. The van der Waals surface area contributed by atoms with Crippen LogP contribution in [0.1, 0.15) is 47.4 Å². The minimum atomic E-state index is -0.903. The molecule has 2 heterocycles. The van der Waals surface area contributed by atoms with Gasteiger partial charge in [0.25, 0.3) is 0 Å². The lowest BCUT2D eigenvalue weighted by molar-refractivity contribution is 0.0700. The van der Waals surface area contributed by atoms with Crippen molar-refractivity contribution in [1.82, 2.24) is 14.5 Å². The molecule has 0 aliphatic heterocycles. The van der Waals surface area contributed by atoms with E-state index in [0.717, 1.165) is 12.2 Å². The van der Waals surface area contributed by atoms with E-state index in [1.54, 1.807) is 6.20 Å². The Hall–Kier alpha value is -1.89. The summed E-state index contributed by atoms with van der Waals surface area (Å²) in [6, 6.07) is 0. The second kappa shape index (κ2) is 6.26. The van der Waals surface area contributed by atoms with E-state index in [1.807, 2.05) is 43.6 Å². The average molecular weight is 308 g/mol. The van der Waals surface area contributed by atoms with Gasteiger partial charge in [-0.15, -0.1) is 0 Å². The molecule has 114 valence electrons. The highest BCUT2D eigenvalue weighted by Gasteiger charge is 2.22. The van der Waals surface area contributed by atoms with E-state index in [2.05, 4.69) is 9.97 Å². The Morgan fingerprint density at radius 3 is 2.81 bits per heavy atom. The molecule has 1 unspecified atom stereocenters. The average Bonchev–Trinajstić information content (AvgIpc) is 3.05. The summed E-state index contributed by atoms with van der Waals surface area (Å²) in [6.07, 6.45) is 4.50. The number of hydrogen-bond acceptors (Lipinski definition) is 5. The lowest BCUT2D eigenvalue weighted by Gasteiger charge is -2.15. The van der Waals surface area contributed by atoms with Gasteiger partial charge in [0.1, 0.15) is 10.7 Å². The standard InChI is InChI=1S/C14H20N4O2S/c1-5-9(2)11-12(13(19)20)21-14(16-11)18(4)8-10-15-6-7-17(10)3/h6-7,9H,5,8H2,1-4H3,(H,19,20). The fraction of sp³-hybridized carbons (Fsp3) is 0.500. The molecule has 0 saturated heterocycles. The highest BCUT2D eigenvalue weighted by Crippen LogP contribution is 2.32. The minimum Gasteiger partial charge on any atom is -0.477 e. The van der Waals surface area contributed by atoms with Crippen LogP contribution in [0, 0.1) is 0 Å². The monoisotopic (exact) mass is 308 g/mol. The fourth-order valence-electron chi connectivity index (χ4n) is 1.99. The molecule has 2 rings (SSSR count). The Balaban J connectivity index is 2.27. The first-order valence-corrected chi connectivity index (χ1v) is 7.67. The molecule has 2 aromatic rings. The van der Waals surface area contributed by atoms with Crippen LogP contribution in [0.3, 0.4) is 0 Å². The second-order valence-corrected chi connectivity index (χ2v) is 6.11. The lowest BCUT2D eigenvalue weighted by atomic mass is 10.0. The highest BCUT2D eigenvalue weighted by atomic mass is 32.1. The maximum Gasteiger partial charge on any atom is 0.347 e. The topological polar surface area (TPSA) is 71.2 Å². The molecular formula is C14H20N4O2S. The first-order valence-electron chi connectivity index (χ1n) is 6.85. The number of aryl methyl sites for hydroxylation is 1. The maximum atomic E-state index is 11.4. The first kappa shape index (κ1) is 15.5. The molecule has 0 aromatic carbocycles. The molecule has 7 heteroatoms. The quantitative estimate of drug-likeness (QED) is 0.888. The summed E-state index contributed by atoms with van der Waals surface area (Å²) in [5.41, 5.74) is 0.677. The Morgan fingerprint density at radius 1 is 1.57 bits per heavy atom. The van der Waals surface area contributed by atoms with Crippen molar-refractivity contribution in [2.75, 3.05) is 11.9 Å². The SMILES string of the molecule is CCC(C)c1nc(N(C)Cc2nccn2C)sc1C(=O)O. The summed E-state index contributed by atoms with van der Waals surface area (Å²) < 4.78 is 1.94. The van der Waals surface area contributed by atoms with Crippen molar-refractivity contribution in [3.8, 4) is 0 Å². The molecule has 0 bridgehead atoms. The molecule has 0 saturated carbocycles. The molecule has 21 heavy (non-hydrogen) atoms. The molecule has 6 nitrogen and oxygen atoms in total. The van der Waals surface area contributed by atoms with Gasteiger partial charge in [-0.05, 0) is 12.3 Å². The molecule has 0 spiro atoms. The molecule has 1 atom stereocenters. The van der Waals surface area contributed by atoms with Gasteiger partial charge >= 0.3 is 5.97 Å². The Bertz CT molecular complexity index is 635. The van der Waals surface area contributed by atoms with Gasteiger partial charge in [-0.2, -0.15) is 0 Å².